The van der Waals surface area contributed by atoms with Crippen molar-refractivity contribution in [1.82, 2.24) is 4.57 Å². The molecule has 0 atom stereocenters. The second-order valence-electron chi connectivity index (χ2n) is 6.37. The summed E-state index contributed by atoms with van der Waals surface area (Å²) in [6.07, 6.45) is 1.56. The van der Waals surface area contributed by atoms with Crippen LogP contribution in [0.3, 0.4) is 0 Å². The van der Waals surface area contributed by atoms with Crippen molar-refractivity contribution >= 4 is 27.5 Å². The molecule has 0 aliphatic rings. The van der Waals surface area contributed by atoms with E-state index in [2.05, 4.69) is 11.6 Å². The van der Waals surface area contributed by atoms with Gasteiger partial charge in [0.05, 0.1) is 10.2 Å². The number of carbonyl (C=O) groups is 1. The molecule has 7 heteroatoms. The molecule has 0 saturated carbocycles. The van der Waals surface area contributed by atoms with E-state index in [1.165, 1.54) is 10.6 Å². The molecule has 1 amide bonds. The third-order valence-electron chi connectivity index (χ3n) is 4.28. The minimum Gasteiger partial charge on any atom is -0.457 e. The van der Waals surface area contributed by atoms with Gasteiger partial charge in [-0.1, -0.05) is 35.6 Å². The second-order valence-corrected chi connectivity index (χ2v) is 7.38. The zero-order valence-corrected chi connectivity index (χ0v) is 16.5. The Morgan fingerprint density at radius 2 is 1.77 bits per heavy atom. The fourth-order valence-corrected chi connectivity index (χ4v) is 4.03. The van der Waals surface area contributed by atoms with Crippen molar-refractivity contribution in [1.29, 1.82) is 0 Å². The summed E-state index contributed by atoms with van der Waals surface area (Å²) < 4.78 is 35.5. The monoisotopic (exact) mass is 422 g/mol. The highest BCUT2D eigenvalue weighted by atomic mass is 32.1. The van der Waals surface area contributed by atoms with Gasteiger partial charge in [-0.05, 0) is 42.5 Å². The van der Waals surface area contributed by atoms with Gasteiger partial charge in [-0.15, -0.1) is 6.58 Å². The van der Waals surface area contributed by atoms with E-state index in [0.29, 0.717) is 21.8 Å². The molecule has 4 nitrogen and oxygen atoms in total. The first-order valence-corrected chi connectivity index (χ1v) is 9.88. The fraction of sp³-hybridized carbons (Fsp3) is 0.0435. The number of rotatable bonds is 5. The molecule has 0 bridgehead atoms. The molecule has 0 saturated heterocycles. The summed E-state index contributed by atoms with van der Waals surface area (Å²) in [6.45, 7) is 3.89. The van der Waals surface area contributed by atoms with Gasteiger partial charge in [0.25, 0.3) is 5.91 Å². The number of allylic oxidation sites excluding steroid dienone is 1. The molecule has 0 fully saturated rings. The second kappa shape index (κ2) is 8.42. The molecule has 1 heterocycles. The number of hydrogen-bond donors (Lipinski definition) is 0. The first-order valence-electron chi connectivity index (χ1n) is 9.06. The fourth-order valence-electron chi connectivity index (χ4n) is 2.95. The average molecular weight is 422 g/mol. The van der Waals surface area contributed by atoms with Gasteiger partial charge < -0.3 is 9.30 Å². The maximum atomic E-state index is 14.3. The topological polar surface area (TPSA) is 43.6 Å². The van der Waals surface area contributed by atoms with E-state index < -0.39 is 17.5 Å². The Balaban J connectivity index is 1.67. The maximum absolute atomic E-state index is 14.3. The predicted octanol–water partition coefficient (Wildman–Crippen LogP) is 5.70. The number of carbonyl (C=O) groups excluding carboxylic acids is 1. The number of halogens is 2. The molecule has 1 aromatic heterocycles. The number of amides is 1. The minimum atomic E-state index is -0.709. The maximum Gasteiger partial charge on any atom is 0.279 e. The van der Waals surface area contributed by atoms with Crippen LogP contribution in [0.15, 0.2) is 84.4 Å². The number of ether oxygens (including phenoxy) is 1. The van der Waals surface area contributed by atoms with Crippen LogP contribution in [0.4, 0.5) is 8.78 Å². The average Bonchev–Trinajstić information content (AvgIpc) is 3.06. The van der Waals surface area contributed by atoms with Crippen LogP contribution >= 0.6 is 11.3 Å². The van der Waals surface area contributed by atoms with Gasteiger partial charge in [0.2, 0.25) is 0 Å². The highest BCUT2D eigenvalue weighted by Gasteiger charge is 2.14. The molecule has 0 spiro atoms. The highest BCUT2D eigenvalue weighted by Crippen LogP contribution is 2.23. The van der Waals surface area contributed by atoms with E-state index >= 15 is 0 Å². The number of para-hydroxylation sites is 1. The van der Waals surface area contributed by atoms with Gasteiger partial charge in [0, 0.05) is 18.2 Å². The third-order valence-corrected chi connectivity index (χ3v) is 5.31. The number of thiazole rings is 1. The zero-order valence-electron chi connectivity index (χ0n) is 15.7. The van der Waals surface area contributed by atoms with E-state index in [1.54, 1.807) is 30.3 Å². The van der Waals surface area contributed by atoms with Gasteiger partial charge in [0.15, 0.2) is 10.6 Å². The molecular weight excluding hydrogens is 406 g/mol. The molecule has 0 radical (unpaired) electrons. The molecule has 4 aromatic rings. The summed E-state index contributed by atoms with van der Waals surface area (Å²) in [6, 6.07) is 17.9. The lowest BCUT2D eigenvalue weighted by atomic mass is 10.2. The minimum absolute atomic E-state index is 0.194. The summed E-state index contributed by atoms with van der Waals surface area (Å²) in [5.74, 6) is -0.616. The van der Waals surface area contributed by atoms with Gasteiger partial charge >= 0.3 is 0 Å². The highest BCUT2D eigenvalue weighted by molar-refractivity contribution is 7.16. The Bertz CT molecular complexity index is 1290. The molecule has 0 aliphatic heterocycles. The smallest absolute Gasteiger partial charge is 0.279 e. The quantitative estimate of drug-likeness (QED) is 0.387. The van der Waals surface area contributed by atoms with Crippen molar-refractivity contribution in [3.8, 4) is 11.5 Å². The summed E-state index contributed by atoms with van der Waals surface area (Å²) in [4.78, 5) is 17.1. The van der Waals surface area contributed by atoms with Gasteiger partial charge in [-0.2, -0.15) is 4.99 Å². The van der Waals surface area contributed by atoms with Crippen molar-refractivity contribution in [3.05, 3.63) is 101 Å². The summed E-state index contributed by atoms with van der Waals surface area (Å²) in [5, 5.41) is 0. The lowest BCUT2D eigenvalue weighted by Crippen LogP contribution is -2.16. The summed E-state index contributed by atoms with van der Waals surface area (Å²) >= 11 is 1.04. The number of benzene rings is 3. The molecular formula is C23H16F2N2O2S. The van der Waals surface area contributed by atoms with Crippen molar-refractivity contribution in [2.45, 2.75) is 6.54 Å². The zero-order chi connectivity index (χ0) is 21.1. The Labute approximate surface area is 175 Å². The Morgan fingerprint density at radius 1 is 1.07 bits per heavy atom. The van der Waals surface area contributed by atoms with Crippen LogP contribution in [0.5, 0.6) is 11.5 Å². The largest absolute Gasteiger partial charge is 0.457 e. The molecule has 0 unspecified atom stereocenters. The van der Waals surface area contributed by atoms with E-state index in [1.807, 2.05) is 30.3 Å². The summed E-state index contributed by atoms with van der Waals surface area (Å²) in [5.41, 5.74) is 0.545. The normalized spacial score (nSPS) is 11.6. The van der Waals surface area contributed by atoms with Crippen LogP contribution in [0.1, 0.15) is 10.4 Å². The molecule has 30 heavy (non-hydrogen) atoms. The predicted molar refractivity (Wildman–Crippen MR) is 113 cm³/mol. The molecule has 0 aliphatic carbocycles. The van der Waals surface area contributed by atoms with E-state index in [9.17, 15) is 13.6 Å². The van der Waals surface area contributed by atoms with Gasteiger partial charge in [0.1, 0.15) is 17.3 Å². The van der Waals surface area contributed by atoms with Crippen molar-refractivity contribution in [3.63, 3.8) is 0 Å². The number of hydrogen-bond acceptors (Lipinski definition) is 3. The van der Waals surface area contributed by atoms with Gasteiger partial charge in [-0.25, -0.2) is 8.78 Å². The van der Waals surface area contributed by atoms with E-state index in [4.69, 9.17) is 4.74 Å². The molecule has 150 valence electrons. The van der Waals surface area contributed by atoms with E-state index in [0.717, 1.165) is 17.4 Å². The summed E-state index contributed by atoms with van der Waals surface area (Å²) in [7, 11) is 0. The van der Waals surface area contributed by atoms with E-state index in [-0.39, 0.29) is 16.9 Å². The van der Waals surface area contributed by atoms with Gasteiger partial charge in [-0.3, -0.25) is 4.79 Å². The molecule has 0 N–H and O–H groups in total. The van der Waals surface area contributed by atoms with Crippen molar-refractivity contribution in [2.24, 2.45) is 4.99 Å². The van der Waals surface area contributed by atoms with Crippen LogP contribution in [0.25, 0.3) is 10.2 Å². The Kier molecular flexibility index (Phi) is 5.54. The van der Waals surface area contributed by atoms with Crippen LogP contribution in [0.2, 0.25) is 0 Å². The van der Waals surface area contributed by atoms with Crippen LogP contribution < -0.4 is 9.54 Å². The Hall–Kier alpha value is -3.58. The number of nitrogens with zero attached hydrogens (tertiary/aromatic N) is 2. The first-order chi connectivity index (χ1) is 14.5. The lowest BCUT2D eigenvalue weighted by Gasteiger charge is -2.05. The molecule has 3 aromatic carbocycles. The Morgan fingerprint density at radius 3 is 2.47 bits per heavy atom. The van der Waals surface area contributed by atoms with Crippen LogP contribution in [0, 0.1) is 11.6 Å². The van der Waals surface area contributed by atoms with Crippen molar-refractivity contribution < 1.29 is 18.3 Å². The molecule has 4 rings (SSSR count). The number of aromatic nitrogens is 1. The van der Waals surface area contributed by atoms with Crippen molar-refractivity contribution in [2.75, 3.05) is 0 Å². The SMILES string of the molecule is C=CCn1c(=NC(=O)c2ccc(Oc3ccccc3)cc2)sc2cc(F)cc(F)c21. The van der Waals surface area contributed by atoms with Crippen LogP contribution in [-0.4, -0.2) is 10.5 Å². The lowest BCUT2D eigenvalue weighted by molar-refractivity contribution is 0.0998. The number of fused-ring (bicyclic) bond motifs is 1. The first kappa shape index (κ1) is 19.7. The third kappa shape index (κ3) is 4.06. The van der Waals surface area contributed by atoms with Crippen LogP contribution in [-0.2, 0) is 6.54 Å². The standard InChI is InChI=1S/C23H16F2N2O2S/c1-2-12-27-21-19(25)13-16(24)14-20(21)30-23(27)26-22(28)15-8-10-18(11-9-15)29-17-6-4-3-5-7-17/h2-11,13-14H,1,12H2.